The molecule has 2 saturated heterocycles. The summed E-state index contributed by atoms with van der Waals surface area (Å²) >= 11 is 0. The second kappa shape index (κ2) is 7.02. The topological polar surface area (TPSA) is 76.6 Å². The highest BCUT2D eigenvalue weighted by Gasteiger charge is 2.44. The van der Waals surface area contributed by atoms with Crippen LogP contribution in [-0.4, -0.2) is 61.9 Å². The molecular formula is C15H22N4O3. The Hall–Kier alpha value is -1.73. The van der Waals surface area contributed by atoms with Crippen molar-refractivity contribution in [2.45, 2.75) is 12.5 Å². The molecule has 1 aromatic heterocycles. The van der Waals surface area contributed by atoms with Gasteiger partial charge in [-0.2, -0.15) is 0 Å². The number of nitrogens with one attached hydrogen (secondary N) is 1. The fraction of sp³-hybridized carbons (Fsp3) is 0.667. The average molecular weight is 306 g/mol. The predicted octanol–water partition coefficient (Wildman–Crippen LogP) is 0.0805. The Balaban J connectivity index is 1.71. The Morgan fingerprint density at radius 3 is 3.05 bits per heavy atom. The largest absolute Gasteiger partial charge is 0.383 e. The van der Waals surface area contributed by atoms with E-state index in [1.165, 1.54) is 0 Å². The number of fused-ring (bicyclic) bond motifs is 1. The number of hydrogen-bond acceptors (Lipinski definition) is 6. The number of carbonyl (C=O) groups is 1. The third-order valence-corrected chi connectivity index (χ3v) is 4.37. The lowest BCUT2D eigenvalue weighted by Crippen LogP contribution is -2.53. The molecule has 7 heteroatoms. The van der Waals surface area contributed by atoms with Crippen LogP contribution in [0.2, 0.25) is 0 Å². The van der Waals surface area contributed by atoms with Gasteiger partial charge in [-0.15, -0.1) is 0 Å². The smallest absolute Gasteiger partial charge is 0.225 e. The molecule has 0 bridgehead atoms. The fourth-order valence-electron chi connectivity index (χ4n) is 3.28. The van der Waals surface area contributed by atoms with Gasteiger partial charge in [0.1, 0.15) is 0 Å². The highest BCUT2D eigenvalue weighted by molar-refractivity contribution is 5.80. The Labute approximate surface area is 130 Å². The summed E-state index contributed by atoms with van der Waals surface area (Å²) in [5, 5.41) is 2.95. The van der Waals surface area contributed by atoms with Gasteiger partial charge in [0.25, 0.3) is 0 Å². The zero-order valence-electron chi connectivity index (χ0n) is 12.8. The first-order valence-electron chi connectivity index (χ1n) is 7.70. The van der Waals surface area contributed by atoms with E-state index in [9.17, 15) is 4.79 Å². The molecule has 7 nitrogen and oxygen atoms in total. The summed E-state index contributed by atoms with van der Waals surface area (Å²) in [6, 6.07) is 1.79. The first kappa shape index (κ1) is 15.2. The Morgan fingerprint density at radius 1 is 1.45 bits per heavy atom. The minimum atomic E-state index is -0.0955. The van der Waals surface area contributed by atoms with Gasteiger partial charge in [0, 0.05) is 51.7 Å². The van der Waals surface area contributed by atoms with Crippen molar-refractivity contribution >= 4 is 11.9 Å². The van der Waals surface area contributed by atoms with E-state index in [2.05, 4.69) is 15.3 Å². The van der Waals surface area contributed by atoms with Gasteiger partial charge in [-0.25, -0.2) is 9.97 Å². The molecule has 3 rings (SSSR count). The van der Waals surface area contributed by atoms with Gasteiger partial charge in [-0.05, 0) is 12.5 Å². The van der Waals surface area contributed by atoms with Gasteiger partial charge in [0.15, 0.2) is 0 Å². The fourth-order valence-corrected chi connectivity index (χ4v) is 3.28. The van der Waals surface area contributed by atoms with Crippen LogP contribution in [0.15, 0.2) is 18.5 Å². The minimum absolute atomic E-state index is 0.0678. The molecule has 1 amide bonds. The molecule has 3 atom stereocenters. The molecule has 0 aliphatic carbocycles. The van der Waals surface area contributed by atoms with Gasteiger partial charge in [-0.1, -0.05) is 0 Å². The Morgan fingerprint density at radius 2 is 2.27 bits per heavy atom. The average Bonchev–Trinajstić information content (AvgIpc) is 3.03. The van der Waals surface area contributed by atoms with Crippen molar-refractivity contribution in [2.24, 2.45) is 11.8 Å². The summed E-state index contributed by atoms with van der Waals surface area (Å²) in [6.45, 7) is 3.16. The maximum atomic E-state index is 12.5. The van der Waals surface area contributed by atoms with Crippen molar-refractivity contribution in [2.75, 3.05) is 44.9 Å². The summed E-state index contributed by atoms with van der Waals surface area (Å²) in [5.41, 5.74) is 0. The number of aromatic nitrogens is 2. The van der Waals surface area contributed by atoms with Crippen LogP contribution in [0.4, 0.5) is 5.95 Å². The second-order valence-corrected chi connectivity index (χ2v) is 5.71. The zero-order chi connectivity index (χ0) is 15.4. The first-order valence-corrected chi connectivity index (χ1v) is 7.70. The number of anilines is 1. The summed E-state index contributed by atoms with van der Waals surface area (Å²) in [4.78, 5) is 23.1. The third-order valence-electron chi connectivity index (χ3n) is 4.37. The number of amides is 1. The highest BCUT2D eigenvalue weighted by atomic mass is 16.5. The quantitative estimate of drug-likeness (QED) is 0.777. The number of methoxy groups -OCH3 is 1. The van der Waals surface area contributed by atoms with Gasteiger partial charge in [0.05, 0.1) is 18.6 Å². The molecule has 0 saturated carbocycles. The Kier molecular flexibility index (Phi) is 4.84. The lowest BCUT2D eigenvalue weighted by Gasteiger charge is -2.39. The molecule has 0 radical (unpaired) electrons. The van der Waals surface area contributed by atoms with E-state index >= 15 is 0 Å². The molecule has 0 unspecified atom stereocenters. The highest BCUT2D eigenvalue weighted by Crippen LogP contribution is 2.34. The van der Waals surface area contributed by atoms with Gasteiger partial charge in [-0.3, -0.25) is 4.79 Å². The normalized spacial score (nSPS) is 27.5. The van der Waals surface area contributed by atoms with Crippen molar-refractivity contribution < 1.29 is 14.3 Å². The molecule has 2 aliphatic rings. The van der Waals surface area contributed by atoms with E-state index in [4.69, 9.17) is 9.47 Å². The predicted molar refractivity (Wildman–Crippen MR) is 80.5 cm³/mol. The molecule has 3 heterocycles. The lowest BCUT2D eigenvalue weighted by atomic mass is 9.82. The van der Waals surface area contributed by atoms with Crippen LogP contribution in [0.1, 0.15) is 6.42 Å². The standard InChI is InChI=1S/C15H22N4O3/c1-21-8-6-16-14(20)12-9-19(15-17-4-2-5-18-15)10-13-11(12)3-7-22-13/h2,4-5,11-13H,3,6-10H2,1H3,(H,16,20)/t11-,12+,13+/m0/s1. The number of rotatable bonds is 5. The van der Waals surface area contributed by atoms with Crippen LogP contribution < -0.4 is 10.2 Å². The molecule has 2 fully saturated rings. The van der Waals surface area contributed by atoms with Crippen molar-refractivity contribution in [3.8, 4) is 0 Å². The number of hydrogen-bond donors (Lipinski definition) is 1. The van der Waals surface area contributed by atoms with Crippen LogP contribution in [0.3, 0.4) is 0 Å². The Bertz CT molecular complexity index is 499. The first-order chi connectivity index (χ1) is 10.8. The lowest BCUT2D eigenvalue weighted by molar-refractivity contribution is -0.128. The SMILES string of the molecule is COCCNC(=O)[C@@H]1CN(c2ncccn2)C[C@H]2OCC[C@H]21. The van der Waals surface area contributed by atoms with Crippen molar-refractivity contribution in [1.29, 1.82) is 0 Å². The van der Waals surface area contributed by atoms with Crippen molar-refractivity contribution in [3.63, 3.8) is 0 Å². The van der Waals surface area contributed by atoms with E-state index in [-0.39, 0.29) is 23.8 Å². The van der Waals surface area contributed by atoms with Gasteiger partial charge >= 0.3 is 0 Å². The van der Waals surface area contributed by atoms with E-state index in [1.807, 2.05) is 4.90 Å². The number of ether oxygens (including phenoxy) is 2. The summed E-state index contributed by atoms with van der Waals surface area (Å²) < 4.78 is 10.8. The maximum Gasteiger partial charge on any atom is 0.225 e. The van der Waals surface area contributed by atoms with E-state index in [0.29, 0.717) is 25.6 Å². The molecule has 2 aliphatic heterocycles. The molecular weight excluding hydrogens is 284 g/mol. The van der Waals surface area contributed by atoms with Crippen LogP contribution in [-0.2, 0) is 14.3 Å². The van der Waals surface area contributed by atoms with Crippen LogP contribution in [0, 0.1) is 11.8 Å². The van der Waals surface area contributed by atoms with Crippen LogP contribution in [0.25, 0.3) is 0 Å². The summed E-state index contributed by atoms with van der Waals surface area (Å²) in [7, 11) is 1.63. The van der Waals surface area contributed by atoms with Gasteiger partial charge in [0.2, 0.25) is 11.9 Å². The molecule has 1 aromatic rings. The summed E-state index contributed by atoms with van der Waals surface area (Å²) in [6.07, 6.45) is 4.46. The molecule has 22 heavy (non-hydrogen) atoms. The monoisotopic (exact) mass is 306 g/mol. The summed E-state index contributed by atoms with van der Waals surface area (Å²) in [5.74, 6) is 0.911. The molecule has 0 aromatic carbocycles. The van der Waals surface area contributed by atoms with E-state index in [1.54, 1.807) is 25.6 Å². The second-order valence-electron chi connectivity index (χ2n) is 5.71. The van der Waals surface area contributed by atoms with Gasteiger partial charge < -0.3 is 19.7 Å². The maximum absolute atomic E-state index is 12.5. The third kappa shape index (κ3) is 3.20. The number of carbonyl (C=O) groups excluding carboxylic acids is 1. The number of piperidine rings is 1. The van der Waals surface area contributed by atoms with Crippen molar-refractivity contribution in [1.82, 2.24) is 15.3 Å². The van der Waals surface area contributed by atoms with E-state index < -0.39 is 0 Å². The van der Waals surface area contributed by atoms with Crippen LogP contribution >= 0.6 is 0 Å². The molecule has 1 N–H and O–H groups in total. The van der Waals surface area contributed by atoms with E-state index in [0.717, 1.165) is 19.6 Å². The van der Waals surface area contributed by atoms with Crippen molar-refractivity contribution in [3.05, 3.63) is 18.5 Å². The zero-order valence-corrected chi connectivity index (χ0v) is 12.8. The van der Waals surface area contributed by atoms with Crippen LogP contribution in [0.5, 0.6) is 0 Å². The number of nitrogens with zero attached hydrogens (tertiary/aromatic N) is 3. The minimum Gasteiger partial charge on any atom is -0.383 e. The molecule has 0 spiro atoms. The molecule has 120 valence electrons.